The van der Waals surface area contributed by atoms with E-state index < -0.39 is 0 Å². The highest BCUT2D eigenvalue weighted by Crippen LogP contribution is 2.15. The molecule has 3 rings (SSSR count). The second-order valence-corrected chi connectivity index (χ2v) is 6.38. The van der Waals surface area contributed by atoms with Gasteiger partial charge in [-0.2, -0.15) is 5.10 Å². The van der Waals surface area contributed by atoms with Crippen LogP contribution < -0.4 is 5.43 Å². The maximum absolute atomic E-state index is 12.1. The summed E-state index contributed by atoms with van der Waals surface area (Å²) in [6.45, 7) is 2.05. The molecule has 5 nitrogen and oxygen atoms in total. The maximum atomic E-state index is 12.1. The van der Waals surface area contributed by atoms with E-state index in [1.54, 1.807) is 6.21 Å². The minimum atomic E-state index is -0.206. The van der Waals surface area contributed by atoms with Crippen molar-refractivity contribution < 1.29 is 4.79 Å². The van der Waals surface area contributed by atoms with Crippen LogP contribution in [0.5, 0.6) is 0 Å². The normalized spacial score (nSPS) is 12.0. The summed E-state index contributed by atoms with van der Waals surface area (Å²) in [5.74, 6) is 0.591. The van der Waals surface area contributed by atoms with Crippen LogP contribution in [0, 0.1) is 6.92 Å². The Bertz CT molecular complexity index is 944. The monoisotopic (exact) mass is 396 g/mol. The molecule has 25 heavy (non-hydrogen) atoms. The molecule has 3 aromatic rings. The maximum Gasteiger partial charge on any atom is 0.260 e. The number of para-hydroxylation sites is 2. The van der Waals surface area contributed by atoms with Gasteiger partial charge >= 0.3 is 0 Å². The molecule has 126 valence electrons. The van der Waals surface area contributed by atoms with Crippen LogP contribution in [-0.2, 0) is 11.3 Å². The number of nitrogens with one attached hydrogen (secondary N) is 1. The summed E-state index contributed by atoms with van der Waals surface area (Å²) in [6.07, 6.45) is 3.48. The molecule has 1 N–H and O–H groups in total. The van der Waals surface area contributed by atoms with Gasteiger partial charge in [0.1, 0.15) is 12.4 Å². The van der Waals surface area contributed by atoms with Crippen LogP contribution in [0.25, 0.3) is 17.1 Å². The molecule has 0 unspecified atom stereocenters. The zero-order chi connectivity index (χ0) is 17.6. The van der Waals surface area contributed by atoms with E-state index in [2.05, 4.69) is 31.4 Å². The van der Waals surface area contributed by atoms with E-state index in [1.807, 2.05) is 72.2 Å². The van der Waals surface area contributed by atoms with Crippen molar-refractivity contribution in [2.24, 2.45) is 5.10 Å². The van der Waals surface area contributed by atoms with Crippen LogP contribution in [0.3, 0.4) is 0 Å². The average Bonchev–Trinajstić information content (AvgIpc) is 2.91. The number of hydrazone groups is 1. The quantitative estimate of drug-likeness (QED) is 0.525. The van der Waals surface area contributed by atoms with Crippen LogP contribution in [0.15, 0.2) is 64.2 Å². The number of carbonyl (C=O) groups excluding carboxylic acids is 1. The van der Waals surface area contributed by atoms with Gasteiger partial charge in [0.25, 0.3) is 5.91 Å². The zero-order valence-electron chi connectivity index (χ0n) is 13.7. The molecule has 0 saturated heterocycles. The Hall–Kier alpha value is -2.73. The van der Waals surface area contributed by atoms with E-state index in [0.29, 0.717) is 0 Å². The number of fused-ring (bicyclic) bond motifs is 1. The van der Waals surface area contributed by atoms with E-state index in [-0.39, 0.29) is 12.5 Å². The standard InChI is InChI=1S/C19H17BrN4O/c1-14-22-17-9-5-6-10-18(17)24(14)13-19(25)23-21-12-16(20)11-15-7-3-2-4-8-15/h2-12H,13H2,1H3,(H,23,25)/b16-11-,21-12+. The fourth-order valence-electron chi connectivity index (χ4n) is 2.49. The van der Waals surface area contributed by atoms with Gasteiger partial charge in [0, 0.05) is 4.48 Å². The molecule has 1 amide bonds. The third-order valence-corrected chi connectivity index (χ3v) is 4.06. The Kier molecular flexibility index (Phi) is 5.40. The van der Waals surface area contributed by atoms with Crippen LogP contribution in [0.2, 0.25) is 0 Å². The van der Waals surface area contributed by atoms with Gasteiger partial charge in [-0.15, -0.1) is 0 Å². The lowest BCUT2D eigenvalue weighted by atomic mass is 10.2. The minimum absolute atomic E-state index is 0.170. The van der Waals surface area contributed by atoms with E-state index in [4.69, 9.17) is 0 Å². The fourth-order valence-corrected chi connectivity index (χ4v) is 2.85. The smallest absolute Gasteiger partial charge is 0.260 e. The Morgan fingerprint density at radius 3 is 2.72 bits per heavy atom. The van der Waals surface area contributed by atoms with Gasteiger partial charge in [-0.05, 0) is 46.6 Å². The van der Waals surface area contributed by atoms with E-state index in [1.165, 1.54) is 0 Å². The summed E-state index contributed by atoms with van der Waals surface area (Å²) >= 11 is 3.41. The van der Waals surface area contributed by atoms with Crippen LogP contribution in [-0.4, -0.2) is 21.7 Å². The number of imidazole rings is 1. The van der Waals surface area contributed by atoms with Crippen molar-refractivity contribution >= 4 is 45.2 Å². The van der Waals surface area contributed by atoms with Crippen LogP contribution in [0.4, 0.5) is 0 Å². The number of aromatic nitrogens is 2. The molecule has 0 aliphatic rings. The molecule has 0 aliphatic carbocycles. The molecule has 0 bridgehead atoms. The number of amides is 1. The fraction of sp³-hybridized carbons (Fsp3) is 0.105. The second-order valence-electron chi connectivity index (χ2n) is 5.47. The van der Waals surface area contributed by atoms with Gasteiger partial charge in [-0.1, -0.05) is 42.5 Å². The number of hydrogen-bond donors (Lipinski definition) is 1. The lowest BCUT2D eigenvalue weighted by Crippen LogP contribution is -2.23. The summed E-state index contributed by atoms with van der Waals surface area (Å²) in [5, 5.41) is 3.98. The van der Waals surface area contributed by atoms with Gasteiger partial charge in [0.2, 0.25) is 0 Å². The highest BCUT2D eigenvalue weighted by molar-refractivity contribution is 9.12. The predicted molar refractivity (Wildman–Crippen MR) is 104 cm³/mol. The number of benzene rings is 2. The Morgan fingerprint density at radius 2 is 1.92 bits per heavy atom. The number of aryl methyl sites for hydroxylation is 1. The number of rotatable bonds is 5. The Balaban J connectivity index is 1.63. The first-order valence-corrected chi connectivity index (χ1v) is 8.59. The Morgan fingerprint density at radius 1 is 1.20 bits per heavy atom. The van der Waals surface area contributed by atoms with Crippen molar-refractivity contribution in [2.45, 2.75) is 13.5 Å². The largest absolute Gasteiger partial charge is 0.319 e. The number of allylic oxidation sites excluding steroid dienone is 1. The molecular weight excluding hydrogens is 380 g/mol. The van der Waals surface area contributed by atoms with Crippen molar-refractivity contribution in [3.05, 3.63) is 70.5 Å². The summed E-state index contributed by atoms with van der Waals surface area (Å²) in [4.78, 5) is 16.6. The number of halogens is 1. The predicted octanol–water partition coefficient (Wildman–Crippen LogP) is 3.88. The summed E-state index contributed by atoms with van der Waals surface area (Å²) < 4.78 is 2.64. The number of nitrogens with zero attached hydrogens (tertiary/aromatic N) is 3. The van der Waals surface area contributed by atoms with Crippen molar-refractivity contribution in [3.63, 3.8) is 0 Å². The van der Waals surface area contributed by atoms with Crippen molar-refractivity contribution in [3.8, 4) is 0 Å². The molecule has 0 radical (unpaired) electrons. The number of carbonyl (C=O) groups is 1. The van der Waals surface area contributed by atoms with Crippen molar-refractivity contribution in [1.82, 2.24) is 15.0 Å². The highest BCUT2D eigenvalue weighted by atomic mass is 79.9. The third-order valence-electron chi connectivity index (χ3n) is 3.63. The number of hydrogen-bond acceptors (Lipinski definition) is 3. The van der Waals surface area contributed by atoms with Crippen molar-refractivity contribution in [1.29, 1.82) is 0 Å². The van der Waals surface area contributed by atoms with E-state index in [0.717, 1.165) is 26.9 Å². The summed E-state index contributed by atoms with van der Waals surface area (Å²) in [7, 11) is 0. The molecule has 0 saturated carbocycles. The van der Waals surface area contributed by atoms with Gasteiger partial charge in [-0.3, -0.25) is 4.79 Å². The molecule has 0 spiro atoms. The van der Waals surface area contributed by atoms with Crippen LogP contribution >= 0.6 is 15.9 Å². The molecule has 2 aromatic carbocycles. The molecule has 1 heterocycles. The highest BCUT2D eigenvalue weighted by Gasteiger charge is 2.09. The SMILES string of the molecule is Cc1nc2ccccc2n1CC(=O)N/N=C/C(Br)=C/c1ccccc1. The first-order valence-electron chi connectivity index (χ1n) is 7.79. The van der Waals surface area contributed by atoms with Gasteiger partial charge < -0.3 is 4.57 Å². The van der Waals surface area contributed by atoms with Crippen LogP contribution in [0.1, 0.15) is 11.4 Å². The molecule has 0 atom stereocenters. The first kappa shape index (κ1) is 17.1. The lowest BCUT2D eigenvalue weighted by Gasteiger charge is -2.05. The van der Waals surface area contributed by atoms with Gasteiger partial charge in [0.15, 0.2) is 0 Å². The minimum Gasteiger partial charge on any atom is -0.319 e. The average molecular weight is 397 g/mol. The Labute approximate surface area is 154 Å². The molecule has 0 fully saturated rings. The first-order chi connectivity index (χ1) is 12.1. The second kappa shape index (κ2) is 7.90. The summed E-state index contributed by atoms with van der Waals surface area (Å²) in [6, 6.07) is 17.6. The molecular formula is C19H17BrN4O. The topological polar surface area (TPSA) is 59.3 Å². The lowest BCUT2D eigenvalue weighted by molar-refractivity contribution is -0.121. The third kappa shape index (κ3) is 4.42. The van der Waals surface area contributed by atoms with E-state index >= 15 is 0 Å². The van der Waals surface area contributed by atoms with Crippen molar-refractivity contribution in [2.75, 3.05) is 0 Å². The molecule has 1 aromatic heterocycles. The van der Waals surface area contributed by atoms with E-state index in [9.17, 15) is 4.79 Å². The van der Waals surface area contributed by atoms with Gasteiger partial charge in [0.05, 0.1) is 17.2 Å². The molecule has 6 heteroatoms. The van der Waals surface area contributed by atoms with Gasteiger partial charge in [-0.25, -0.2) is 10.4 Å². The zero-order valence-corrected chi connectivity index (χ0v) is 15.3. The molecule has 0 aliphatic heterocycles. The summed E-state index contributed by atoms with van der Waals surface area (Å²) in [5.41, 5.74) is 5.40.